The van der Waals surface area contributed by atoms with Gasteiger partial charge in [0.25, 0.3) is 0 Å². The molecule has 0 heterocycles. The minimum absolute atomic E-state index is 0.210. The Morgan fingerprint density at radius 3 is 2.37 bits per heavy atom. The quantitative estimate of drug-likeness (QED) is 0.181. The first kappa shape index (κ1) is 41.5. The number of Topliss-reactive ketones (excluding diaryl/α,β-unsaturated/α-hetero) is 1. The molecule has 290 valence electrons. The SMILES string of the molecule is COc1cc2c(cc1OC(=O)NCCN(C)C)C[C@@H](CCC(C)(C)CC(C)(C)S(=O)CCCC(F)(F)C(F)(F)F)[C@@H]1[C@@H]2CC[C@]2(C)C(=O)CC[C@@H]12. The van der Waals surface area contributed by atoms with Gasteiger partial charge in [-0.1, -0.05) is 20.8 Å². The number of methoxy groups -OCH3 is 1. The molecule has 13 heteroatoms. The standard InChI is InChI=1S/C38H57F5N2O5S/c1-34(2,23-35(3,4)51(48)19-9-14-37(39,40)38(41,42)43)15-12-24-20-25-21-30(50-33(47)44-17-18-45(6)7)29(49-8)22-27(25)26-13-16-36(5)28(32(24)26)10-11-31(36)46/h21-22,24,26,28,32H,9-20,23H2,1-8H3,(H,44,47)/t24-,26-,28+,32-,36+,51?/m1/s1. The summed E-state index contributed by atoms with van der Waals surface area (Å²) >= 11 is 0. The van der Waals surface area contributed by atoms with E-state index >= 15 is 0 Å². The van der Waals surface area contributed by atoms with E-state index in [0.29, 0.717) is 43.2 Å². The third kappa shape index (κ3) is 9.45. The van der Waals surface area contributed by atoms with Crippen LogP contribution in [-0.4, -0.2) is 77.9 Å². The summed E-state index contributed by atoms with van der Waals surface area (Å²) in [6.07, 6.45) is -2.08. The molecule has 2 saturated carbocycles. The molecule has 3 aliphatic carbocycles. The summed E-state index contributed by atoms with van der Waals surface area (Å²) in [5.74, 6) is -2.90. The van der Waals surface area contributed by atoms with Gasteiger partial charge in [-0.25, -0.2) is 4.79 Å². The molecule has 0 aliphatic heterocycles. The Morgan fingerprint density at radius 1 is 1.06 bits per heavy atom. The number of carbonyl (C=O) groups excluding carboxylic acids is 2. The lowest BCUT2D eigenvalue weighted by Gasteiger charge is -2.52. The molecule has 0 bridgehead atoms. The number of fused-ring (bicyclic) bond motifs is 5. The molecule has 51 heavy (non-hydrogen) atoms. The number of rotatable bonds is 15. The zero-order valence-electron chi connectivity index (χ0n) is 31.4. The maximum absolute atomic E-state index is 13.5. The van der Waals surface area contributed by atoms with Crippen LogP contribution in [0.3, 0.4) is 0 Å². The van der Waals surface area contributed by atoms with E-state index < -0.39 is 46.6 Å². The van der Waals surface area contributed by atoms with Crippen LogP contribution in [-0.2, 0) is 22.0 Å². The number of halogens is 5. The van der Waals surface area contributed by atoms with E-state index in [2.05, 4.69) is 26.1 Å². The molecular weight excluding hydrogens is 691 g/mol. The Morgan fingerprint density at radius 2 is 1.75 bits per heavy atom. The van der Waals surface area contributed by atoms with E-state index in [4.69, 9.17) is 9.47 Å². The summed E-state index contributed by atoms with van der Waals surface area (Å²) in [6.45, 7) is 11.0. The van der Waals surface area contributed by atoms with Crippen molar-refractivity contribution in [3.8, 4) is 11.5 Å². The Bertz CT molecular complexity index is 1450. The minimum Gasteiger partial charge on any atom is -0.493 e. The lowest BCUT2D eigenvalue weighted by atomic mass is 9.52. The van der Waals surface area contributed by atoms with Gasteiger partial charge in [0.1, 0.15) is 5.78 Å². The molecule has 1 aromatic carbocycles. The molecular formula is C38H57F5N2O5S. The number of nitrogens with zero attached hydrogens (tertiary/aromatic N) is 1. The average molecular weight is 749 g/mol. The number of likely N-dealkylation sites (N-methyl/N-ethyl adjacent to an activating group) is 1. The second kappa shape index (κ2) is 15.6. The first-order chi connectivity index (χ1) is 23.5. The maximum atomic E-state index is 13.5. The molecule has 1 unspecified atom stereocenters. The van der Waals surface area contributed by atoms with Crippen molar-refractivity contribution in [3.05, 3.63) is 23.3 Å². The topological polar surface area (TPSA) is 84.9 Å². The van der Waals surface area contributed by atoms with Crippen molar-refractivity contribution in [1.29, 1.82) is 0 Å². The molecule has 4 rings (SSSR count). The van der Waals surface area contributed by atoms with Gasteiger partial charge in [-0.2, -0.15) is 22.0 Å². The first-order valence-corrected chi connectivity index (χ1v) is 19.5. The van der Waals surface area contributed by atoms with Gasteiger partial charge in [-0.05, 0) is 132 Å². The number of benzene rings is 1. The van der Waals surface area contributed by atoms with Gasteiger partial charge in [0.2, 0.25) is 0 Å². The van der Waals surface area contributed by atoms with E-state index in [0.717, 1.165) is 44.1 Å². The molecule has 7 nitrogen and oxygen atoms in total. The molecule has 0 aromatic heterocycles. The van der Waals surface area contributed by atoms with Gasteiger partial charge >= 0.3 is 18.2 Å². The fraction of sp³-hybridized carbons (Fsp3) is 0.789. The van der Waals surface area contributed by atoms with Crippen LogP contribution in [0, 0.1) is 28.6 Å². The Balaban J connectivity index is 1.53. The molecule has 1 aromatic rings. The highest BCUT2D eigenvalue weighted by atomic mass is 32.2. The van der Waals surface area contributed by atoms with Gasteiger partial charge < -0.3 is 19.7 Å². The van der Waals surface area contributed by atoms with Crippen molar-refractivity contribution in [2.75, 3.05) is 40.0 Å². The van der Waals surface area contributed by atoms with Crippen LogP contribution in [0.25, 0.3) is 0 Å². The molecule has 3 aliphatic rings. The molecule has 1 N–H and O–H groups in total. The molecule has 0 spiro atoms. The number of carbonyl (C=O) groups is 2. The Hall–Kier alpha value is -2.28. The fourth-order valence-electron chi connectivity index (χ4n) is 9.34. The van der Waals surface area contributed by atoms with Crippen molar-refractivity contribution in [2.45, 2.75) is 122 Å². The highest BCUT2D eigenvalue weighted by Crippen LogP contribution is 2.62. The third-order valence-corrected chi connectivity index (χ3v) is 13.9. The van der Waals surface area contributed by atoms with Gasteiger partial charge in [-0.15, -0.1) is 0 Å². The lowest BCUT2D eigenvalue weighted by Crippen LogP contribution is -2.46. The predicted octanol–water partition coefficient (Wildman–Crippen LogP) is 8.70. The largest absolute Gasteiger partial charge is 0.493 e. The van der Waals surface area contributed by atoms with E-state index in [1.54, 1.807) is 21.0 Å². The highest BCUT2D eigenvalue weighted by molar-refractivity contribution is 7.86. The van der Waals surface area contributed by atoms with E-state index in [1.165, 1.54) is 5.56 Å². The van der Waals surface area contributed by atoms with Crippen molar-refractivity contribution in [3.63, 3.8) is 0 Å². The number of hydrogen-bond donors (Lipinski definition) is 1. The second-order valence-corrected chi connectivity index (χ2v) is 19.2. The molecule has 6 atom stereocenters. The van der Waals surface area contributed by atoms with Crippen LogP contribution in [0.2, 0.25) is 0 Å². The number of hydrogen-bond acceptors (Lipinski definition) is 6. The van der Waals surface area contributed by atoms with Crippen molar-refractivity contribution >= 4 is 22.7 Å². The number of nitrogens with one attached hydrogen (secondary N) is 1. The van der Waals surface area contributed by atoms with Crippen LogP contribution in [0.5, 0.6) is 11.5 Å². The van der Waals surface area contributed by atoms with Gasteiger partial charge in [0, 0.05) is 52.6 Å². The molecule has 0 radical (unpaired) electrons. The van der Waals surface area contributed by atoms with E-state index in [-0.39, 0.29) is 40.3 Å². The zero-order valence-corrected chi connectivity index (χ0v) is 32.3. The number of ketones is 1. The summed E-state index contributed by atoms with van der Waals surface area (Å²) in [4.78, 5) is 27.9. The van der Waals surface area contributed by atoms with Crippen LogP contribution < -0.4 is 14.8 Å². The van der Waals surface area contributed by atoms with Crippen molar-refractivity contribution in [1.82, 2.24) is 10.2 Å². The van der Waals surface area contributed by atoms with Crippen LogP contribution in [0.15, 0.2) is 12.1 Å². The van der Waals surface area contributed by atoms with Crippen molar-refractivity contribution < 1.29 is 45.2 Å². The van der Waals surface area contributed by atoms with E-state index in [1.807, 2.05) is 31.1 Å². The average Bonchev–Trinajstić information content (AvgIpc) is 3.31. The summed E-state index contributed by atoms with van der Waals surface area (Å²) < 4.78 is 88.8. The molecule has 2 fully saturated rings. The van der Waals surface area contributed by atoms with Crippen molar-refractivity contribution in [2.24, 2.45) is 28.6 Å². The summed E-state index contributed by atoms with van der Waals surface area (Å²) in [6, 6.07) is 3.94. The zero-order chi connectivity index (χ0) is 38.2. The number of amides is 1. The fourth-order valence-corrected chi connectivity index (χ4v) is 10.8. The normalized spacial score (nSPS) is 26.0. The molecule has 0 saturated heterocycles. The van der Waals surface area contributed by atoms with Gasteiger partial charge in [0.05, 0.1) is 7.11 Å². The summed E-state index contributed by atoms with van der Waals surface area (Å²) in [5, 5.41) is 2.78. The smallest absolute Gasteiger partial charge is 0.453 e. The summed E-state index contributed by atoms with van der Waals surface area (Å²) in [5.41, 5.74) is 1.61. The maximum Gasteiger partial charge on any atom is 0.453 e. The highest BCUT2D eigenvalue weighted by Gasteiger charge is 2.58. The Kier molecular flexibility index (Phi) is 12.7. The number of ether oxygens (including phenoxy) is 2. The monoisotopic (exact) mass is 748 g/mol. The lowest BCUT2D eigenvalue weighted by molar-refractivity contribution is -0.284. The van der Waals surface area contributed by atoms with Gasteiger partial charge in [-0.3, -0.25) is 9.00 Å². The second-order valence-electron chi connectivity index (χ2n) is 17.0. The van der Waals surface area contributed by atoms with Crippen LogP contribution >= 0.6 is 0 Å². The minimum atomic E-state index is -5.62. The van der Waals surface area contributed by atoms with Crippen LogP contribution in [0.4, 0.5) is 26.7 Å². The third-order valence-electron chi connectivity index (χ3n) is 11.9. The molecule has 1 amide bonds. The van der Waals surface area contributed by atoms with E-state index in [9.17, 15) is 35.8 Å². The van der Waals surface area contributed by atoms with Crippen LogP contribution in [0.1, 0.15) is 109 Å². The predicted molar refractivity (Wildman–Crippen MR) is 189 cm³/mol. The van der Waals surface area contributed by atoms with Gasteiger partial charge in [0.15, 0.2) is 11.5 Å². The summed E-state index contributed by atoms with van der Waals surface area (Å²) in [7, 11) is 3.78. The first-order valence-electron chi connectivity index (χ1n) is 18.2. The number of alkyl halides is 5. The Labute approximate surface area is 302 Å².